The van der Waals surface area contributed by atoms with Crippen LogP contribution in [0.4, 0.5) is 17.1 Å². The third-order valence-electron chi connectivity index (χ3n) is 10.2. The van der Waals surface area contributed by atoms with Crippen LogP contribution in [0.1, 0.15) is 0 Å². The largest absolute Gasteiger partial charge is 0.456 e. The van der Waals surface area contributed by atoms with Gasteiger partial charge in [-0.25, -0.2) is 4.98 Å². The second-order valence-corrected chi connectivity index (χ2v) is 13.2. The number of aromatic nitrogens is 1. The quantitative estimate of drug-likeness (QED) is 0.177. The fraction of sp³-hybridized carbons (Fsp3) is 0. The zero-order chi connectivity index (χ0) is 33.5. The number of hydrogen-bond donors (Lipinski definition) is 0. The Morgan fingerprint density at radius 2 is 1.00 bits per heavy atom. The molecule has 0 saturated carbocycles. The van der Waals surface area contributed by atoms with Crippen molar-refractivity contribution in [2.75, 3.05) is 4.90 Å². The van der Waals surface area contributed by atoms with Gasteiger partial charge >= 0.3 is 0 Å². The first-order valence-electron chi connectivity index (χ1n) is 17.2. The molecular formula is C47H28N2O2. The Labute approximate surface area is 292 Å². The Balaban J connectivity index is 1.13. The van der Waals surface area contributed by atoms with Gasteiger partial charge in [-0.05, 0) is 104 Å². The van der Waals surface area contributed by atoms with E-state index in [-0.39, 0.29) is 0 Å². The van der Waals surface area contributed by atoms with Crippen LogP contribution in [-0.2, 0) is 0 Å². The van der Waals surface area contributed by atoms with E-state index in [1.165, 1.54) is 43.1 Å². The number of anilines is 3. The van der Waals surface area contributed by atoms with Crippen LogP contribution in [0.5, 0.6) is 0 Å². The third-order valence-corrected chi connectivity index (χ3v) is 10.2. The van der Waals surface area contributed by atoms with Gasteiger partial charge in [0.2, 0.25) is 5.89 Å². The zero-order valence-electron chi connectivity index (χ0n) is 27.4. The molecule has 11 rings (SSSR count). The minimum Gasteiger partial charge on any atom is -0.456 e. The van der Waals surface area contributed by atoms with Crippen molar-refractivity contribution < 1.29 is 8.83 Å². The lowest BCUT2D eigenvalue weighted by Gasteiger charge is -2.26. The standard InChI is InChI=1S/C47H28N2O2/c1-2-10-32-26-33(20-16-29(32)8-1)49(34-21-17-31-19-23-37-36-11-4-3-9-30(36)18-24-38(37)41(31)27-34)35-22-25-39-45(28-35)50-44-15-7-12-40(46(39)44)47-48-42-13-5-6-14-43(42)51-47/h1-28H. The number of oxazole rings is 1. The Kier molecular flexibility index (Phi) is 5.92. The second-order valence-electron chi connectivity index (χ2n) is 13.2. The van der Waals surface area contributed by atoms with Gasteiger partial charge in [-0.15, -0.1) is 0 Å². The Morgan fingerprint density at radius 1 is 0.373 bits per heavy atom. The van der Waals surface area contributed by atoms with Crippen molar-refractivity contribution in [3.8, 4) is 11.5 Å². The summed E-state index contributed by atoms with van der Waals surface area (Å²) in [6.45, 7) is 0. The molecule has 51 heavy (non-hydrogen) atoms. The molecular weight excluding hydrogens is 625 g/mol. The summed E-state index contributed by atoms with van der Waals surface area (Å²) in [5.74, 6) is 0.586. The highest BCUT2D eigenvalue weighted by Crippen LogP contribution is 2.43. The van der Waals surface area contributed by atoms with Gasteiger partial charge in [-0.3, -0.25) is 0 Å². The molecule has 238 valence electrons. The lowest BCUT2D eigenvalue weighted by atomic mass is 9.96. The summed E-state index contributed by atoms with van der Waals surface area (Å²) in [4.78, 5) is 7.15. The highest BCUT2D eigenvalue weighted by Gasteiger charge is 2.20. The third kappa shape index (κ3) is 4.37. The van der Waals surface area contributed by atoms with E-state index in [1.807, 2.05) is 36.4 Å². The van der Waals surface area contributed by atoms with Gasteiger partial charge in [0, 0.05) is 39.5 Å². The summed E-state index contributed by atoms with van der Waals surface area (Å²) >= 11 is 0. The molecule has 4 nitrogen and oxygen atoms in total. The Bertz CT molecular complexity index is 3140. The molecule has 0 atom stereocenters. The van der Waals surface area contributed by atoms with E-state index in [9.17, 15) is 0 Å². The molecule has 0 bridgehead atoms. The number of furan rings is 1. The predicted octanol–water partition coefficient (Wildman–Crippen LogP) is 13.5. The zero-order valence-corrected chi connectivity index (χ0v) is 27.4. The van der Waals surface area contributed by atoms with Gasteiger partial charge in [0.25, 0.3) is 0 Å². The number of hydrogen-bond acceptors (Lipinski definition) is 4. The maximum atomic E-state index is 6.59. The molecule has 0 saturated heterocycles. The van der Waals surface area contributed by atoms with E-state index >= 15 is 0 Å². The summed E-state index contributed by atoms with van der Waals surface area (Å²) in [6, 6.07) is 60.0. The SMILES string of the molecule is c1ccc2cc(N(c3ccc4c(c3)oc3cccc(-c5nc6ccccc6o5)c34)c3ccc4ccc5c6ccccc6ccc5c4c3)ccc2c1. The van der Waals surface area contributed by atoms with Gasteiger partial charge < -0.3 is 13.7 Å². The van der Waals surface area contributed by atoms with Crippen molar-refractivity contribution in [3.63, 3.8) is 0 Å². The molecule has 11 aromatic rings. The number of benzene rings is 9. The van der Waals surface area contributed by atoms with Crippen LogP contribution >= 0.6 is 0 Å². The monoisotopic (exact) mass is 652 g/mol. The van der Waals surface area contributed by atoms with Crippen molar-refractivity contribution in [1.82, 2.24) is 4.98 Å². The van der Waals surface area contributed by atoms with Crippen molar-refractivity contribution in [2.45, 2.75) is 0 Å². The smallest absolute Gasteiger partial charge is 0.228 e. The summed E-state index contributed by atoms with van der Waals surface area (Å²) in [5.41, 5.74) is 7.25. The number of rotatable bonds is 4. The first kappa shape index (κ1) is 28.0. The van der Waals surface area contributed by atoms with E-state index in [0.717, 1.165) is 55.7 Å². The molecule has 0 radical (unpaired) electrons. The van der Waals surface area contributed by atoms with E-state index in [0.29, 0.717) is 5.89 Å². The molecule has 0 fully saturated rings. The molecule has 0 N–H and O–H groups in total. The van der Waals surface area contributed by atoms with E-state index < -0.39 is 0 Å². The fourth-order valence-corrected chi connectivity index (χ4v) is 7.83. The van der Waals surface area contributed by atoms with Gasteiger partial charge in [0.15, 0.2) is 5.58 Å². The molecule has 0 aliphatic rings. The minimum absolute atomic E-state index is 0.586. The van der Waals surface area contributed by atoms with Crippen LogP contribution < -0.4 is 4.90 Å². The molecule has 2 heterocycles. The van der Waals surface area contributed by atoms with Gasteiger partial charge in [-0.2, -0.15) is 0 Å². The highest BCUT2D eigenvalue weighted by atomic mass is 16.3. The van der Waals surface area contributed by atoms with Crippen molar-refractivity contribution in [2.24, 2.45) is 0 Å². The van der Waals surface area contributed by atoms with E-state index in [4.69, 9.17) is 13.8 Å². The average Bonchev–Trinajstić information content (AvgIpc) is 3.79. The maximum Gasteiger partial charge on any atom is 0.228 e. The maximum absolute atomic E-state index is 6.59. The van der Waals surface area contributed by atoms with Gasteiger partial charge in [-0.1, -0.05) is 103 Å². The van der Waals surface area contributed by atoms with Crippen LogP contribution in [0.15, 0.2) is 179 Å². The number of fused-ring (bicyclic) bond motifs is 10. The van der Waals surface area contributed by atoms with Crippen LogP contribution in [0.25, 0.3) is 87.6 Å². The average molecular weight is 653 g/mol. The van der Waals surface area contributed by atoms with Crippen molar-refractivity contribution >= 4 is 93.2 Å². The van der Waals surface area contributed by atoms with Crippen LogP contribution in [0.2, 0.25) is 0 Å². The van der Waals surface area contributed by atoms with Crippen LogP contribution in [-0.4, -0.2) is 4.98 Å². The molecule has 0 unspecified atom stereocenters. The second kappa shape index (κ2) is 10.8. The van der Waals surface area contributed by atoms with Crippen molar-refractivity contribution in [3.05, 3.63) is 170 Å². The molecule has 0 amide bonds. The van der Waals surface area contributed by atoms with Crippen LogP contribution in [0.3, 0.4) is 0 Å². The lowest BCUT2D eigenvalue weighted by Crippen LogP contribution is -2.09. The minimum atomic E-state index is 0.586. The van der Waals surface area contributed by atoms with Crippen molar-refractivity contribution in [1.29, 1.82) is 0 Å². The fourth-order valence-electron chi connectivity index (χ4n) is 7.83. The molecule has 9 aromatic carbocycles. The molecule has 0 aliphatic heterocycles. The van der Waals surface area contributed by atoms with Gasteiger partial charge in [0.1, 0.15) is 16.7 Å². The summed E-state index contributed by atoms with van der Waals surface area (Å²) in [7, 11) is 0. The highest BCUT2D eigenvalue weighted by molar-refractivity contribution is 6.18. The Hall–Kier alpha value is -6.91. The Morgan fingerprint density at radius 3 is 1.88 bits per heavy atom. The van der Waals surface area contributed by atoms with E-state index in [2.05, 4.69) is 138 Å². The molecule has 0 spiro atoms. The molecule has 0 aliphatic carbocycles. The summed E-state index contributed by atoms with van der Waals surface area (Å²) < 4.78 is 12.8. The topological polar surface area (TPSA) is 42.4 Å². The first-order valence-corrected chi connectivity index (χ1v) is 17.2. The van der Waals surface area contributed by atoms with Crippen LogP contribution in [0, 0.1) is 0 Å². The molecule has 2 aromatic heterocycles. The first-order chi connectivity index (χ1) is 25.2. The molecule has 4 heteroatoms. The normalized spacial score (nSPS) is 11.9. The van der Waals surface area contributed by atoms with E-state index in [1.54, 1.807) is 0 Å². The number of para-hydroxylation sites is 2. The lowest BCUT2D eigenvalue weighted by molar-refractivity contribution is 0.620. The summed E-state index contributed by atoms with van der Waals surface area (Å²) in [6.07, 6.45) is 0. The summed E-state index contributed by atoms with van der Waals surface area (Å²) in [5, 5.41) is 11.8. The number of nitrogens with zero attached hydrogens (tertiary/aromatic N) is 2. The van der Waals surface area contributed by atoms with Gasteiger partial charge in [0.05, 0.1) is 0 Å². The predicted molar refractivity (Wildman–Crippen MR) is 211 cm³/mol.